The van der Waals surface area contributed by atoms with Crippen LogP contribution in [-0.4, -0.2) is 28.0 Å². The number of anilines is 4. The van der Waals surface area contributed by atoms with Crippen molar-refractivity contribution in [3.05, 3.63) is 78.6 Å². The van der Waals surface area contributed by atoms with E-state index >= 15 is 0 Å². The van der Waals surface area contributed by atoms with Gasteiger partial charge in [0.25, 0.3) is 0 Å². The molecule has 0 saturated carbocycles. The van der Waals surface area contributed by atoms with Crippen molar-refractivity contribution >= 4 is 40.0 Å². The number of nitrogens with zero attached hydrogens (tertiary/aromatic N) is 3. The average Bonchev–Trinajstić information content (AvgIpc) is 2.74. The predicted molar refractivity (Wildman–Crippen MR) is 108 cm³/mol. The number of rotatable bonds is 5. The fourth-order valence-corrected chi connectivity index (χ4v) is 2.77. The Balaban J connectivity index is 1.54. The third kappa shape index (κ3) is 3.73. The van der Waals surface area contributed by atoms with E-state index in [0.29, 0.717) is 17.3 Å². The summed E-state index contributed by atoms with van der Waals surface area (Å²) in [5.74, 6) is 0.698. The Bertz CT molecular complexity index is 1120. The van der Waals surface area contributed by atoms with Gasteiger partial charge in [-0.25, -0.2) is 9.78 Å². The van der Waals surface area contributed by atoms with Gasteiger partial charge >= 0.3 is 5.97 Å². The standard InChI is InChI=1S/C21H17N5O2/c1-28-20(27)15-7-9-16(10-8-15)24-21-23-13-11-18(26-21)25-17-6-2-4-14-5-3-12-22-19(14)17/h2-13H,1H3,(H2,23,24,25,26). The summed E-state index contributed by atoms with van der Waals surface area (Å²) in [6, 6.07) is 18.5. The van der Waals surface area contributed by atoms with Crippen LogP contribution in [0.15, 0.2) is 73.1 Å². The minimum absolute atomic E-state index is 0.377. The van der Waals surface area contributed by atoms with Crippen LogP contribution in [0.5, 0.6) is 0 Å². The van der Waals surface area contributed by atoms with Crippen LogP contribution in [0.3, 0.4) is 0 Å². The van der Waals surface area contributed by atoms with Crippen molar-refractivity contribution in [2.24, 2.45) is 0 Å². The largest absolute Gasteiger partial charge is 0.465 e. The van der Waals surface area contributed by atoms with E-state index in [1.165, 1.54) is 7.11 Å². The average molecular weight is 371 g/mol. The highest BCUT2D eigenvalue weighted by Gasteiger charge is 2.07. The first-order chi connectivity index (χ1) is 13.7. The summed E-state index contributed by atoms with van der Waals surface area (Å²) in [5, 5.41) is 7.46. The first-order valence-corrected chi connectivity index (χ1v) is 8.62. The van der Waals surface area contributed by atoms with E-state index in [-0.39, 0.29) is 5.97 Å². The van der Waals surface area contributed by atoms with Crippen LogP contribution in [-0.2, 0) is 4.74 Å². The Morgan fingerprint density at radius 3 is 2.54 bits per heavy atom. The molecule has 0 fully saturated rings. The lowest BCUT2D eigenvalue weighted by atomic mass is 10.2. The van der Waals surface area contributed by atoms with Gasteiger partial charge in [0.05, 0.1) is 23.9 Å². The molecule has 0 aliphatic carbocycles. The van der Waals surface area contributed by atoms with Crippen molar-refractivity contribution in [3.63, 3.8) is 0 Å². The molecule has 0 amide bonds. The number of carbonyl (C=O) groups is 1. The second-order valence-corrected chi connectivity index (χ2v) is 5.97. The van der Waals surface area contributed by atoms with Crippen molar-refractivity contribution in [1.82, 2.24) is 15.0 Å². The lowest BCUT2D eigenvalue weighted by Gasteiger charge is -2.10. The number of benzene rings is 2. The van der Waals surface area contributed by atoms with Crippen LogP contribution in [0.4, 0.5) is 23.1 Å². The van der Waals surface area contributed by atoms with Gasteiger partial charge in [0.2, 0.25) is 5.95 Å². The number of nitrogens with one attached hydrogen (secondary N) is 2. The van der Waals surface area contributed by atoms with Gasteiger partial charge in [-0.15, -0.1) is 0 Å². The summed E-state index contributed by atoms with van der Waals surface area (Å²) < 4.78 is 4.70. The van der Waals surface area contributed by atoms with Crippen molar-refractivity contribution in [2.75, 3.05) is 17.7 Å². The SMILES string of the molecule is COC(=O)c1ccc(Nc2nccc(Nc3cccc4cccnc34)n2)cc1. The quantitative estimate of drug-likeness (QED) is 0.506. The number of esters is 1. The predicted octanol–water partition coefficient (Wildman–Crippen LogP) is 4.30. The lowest BCUT2D eigenvalue weighted by Crippen LogP contribution is -2.03. The zero-order valence-electron chi connectivity index (χ0n) is 15.1. The number of hydrogen-bond acceptors (Lipinski definition) is 7. The van der Waals surface area contributed by atoms with Gasteiger partial charge < -0.3 is 15.4 Å². The Morgan fingerprint density at radius 2 is 1.71 bits per heavy atom. The maximum atomic E-state index is 11.5. The minimum atomic E-state index is -0.377. The third-order valence-electron chi connectivity index (χ3n) is 4.11. The molecule has 138 valence electrons. The van der Waals surface area contributed by atoms with Gasteiger partial charge in [-0.05, 0) is 42.5 Å². The van der Waals surface area contributed by atoms with E-state index in [4.69, 9.17) is 4.74 Å². The summed E-state index contributed by atoms with van der Waals surface area (Å²) in [5.41, 5.74) is 2.98. The van der Waals surface area contributed by atoms with Crippen molar-refractivity contribution in [1.29, 1.82) is 0 Å². The molecule has 4 aromatic rings. The van der Waals surface area contributed by atoms with Crippen LogP contribution < -0.4 is 10.6 Å². The summed E-state index contributed by atoms with van der Waals surface area (Å²) >= 11 is 0. The highest BCUT2D eigenvalue weighted by atomic mass is 16.5. The second kappa shape index (κ2) is 7.71. The van der Waals surface area contributed by atoms with Crippen LogP contribution >= 0.6 is 0 Å². The highest BCUT2D eigenvalue weighted by Crippen LogP contribution is 2.24. The monoisotopic (exact) mass is 371 g/mol. The Morgan fingerprint density at radius 1 is 0.893 bits per heavy atom. The van der Waals surface area contributed by atoms with Crippen LogP contribution in [0.1, 0.15) is 10.4 Å². The lowest BCUT2D eigenvalue weighted by molar-refractivity contribution is 0.0601. The number of para-hydroxylation sites is 1. The Hall–Kier alpha value is -4.00. The molecule has 0 atom stereocenters. The molecule has 0 bridgehead atoms. The first-order valence-electron chi connectivity index (χ1n) is 8.62. The molecule has 2 N–H and O–H groups in total. The van der Waals surface area contributed by atoms with E-state index < -0.39 is 0 Å². The van der Waals surface area contributed by atoms with Gasteiger partial charge in [-0.3, -0.25) is 4.98 Å². The molecule has 28 heavy (non-hydrogen) atoms. The number of fused-ring (bicyclic) bond motifs is 1. The summed E-state index contributed by atoms with van der Waals surface area (Å²) in [6.45, 7) is 0. The molecule has 7 heteroatoms. The van der Waals surface area contributed by atoms with Crippen LogP contribution in [0.25, 0.3) is 10.9 Å². The molecule has 0 radical (unpaired) electrons. The molecule has 0 aliphatic heterocycles. The Kier molecular flexibility index (Phi) is 4.79. The fraction of sp³-hybridized carbons (Fsp3) is 0.0476. The zero-order chi connectivity index (χ0) is 19.3. The van der Waals surface area contributed by atoms with Crippen molar-refractivity contribution in [3.8, 4) is 0 Å². The van der Waals surface area contributed by atoms with Crippen LogP contribution in [0.2, 0.25) is 0 Å². The van der Waals surface area contributed by atoms with E-state index in [0.717, 1.165) is 22.3 Å². The van der Waals surface area contributed by atoms with E-state index in [9.17, 15) is 4.79 Å². The van der Waals surface area contributed by atoms with E-state index in [1.54, 1.807) is 42.7 Å². The number of aromatic nitrogens is 3. The van der Waals surface area contributed by atoms with Gasteiger partial charge in [0.1, 0.15) is 5.82 Å². The van der Waals surface area contributed by atoms with E-state index in [2.05, 4.69) is 25.6 Å². The van der Waals surface area contributed by atoms with Crippen molar-refractivity contribution in [2.45, 2.75) is 0 Å². The maximum absolute atomic E-state index is 11.5. The van der Waals surface area contributed by atoms with E-state index in [1.807, 2.05) is 30.3 Å². The van der Waals surface area contributed by atoms with Gasteiger partial charge in [0, 0.05) is 23.5 Å². The molecule has 2 aromatic heterocycles. The molecule has 0 spiro atoms. The number of pyridine rings is 1. The second-order valence-electron chi connectivity index (χ2n) is 5.97. The van der Waals surface area contributed by atoms with Gasteiger partial charge in [-0.2, -0.15) is 4.98 Å². The molecule has 2 heterocycles. The number of ether oxygens (including phenoxy) is 1. The van der Waals surface area contributed by atoms with Gasteiger partial charge in [0.15, 0.2) is 0 Å². The fourth-order valence-electron chi connectivity index (χ4n) is 2.77. The van der Waals surface area contributed by atoms with Gasteiger partial charge in [-0.1, -0.05) is 18.2 Å². The molecule has 4 rings (SSSR count). The van der Waals surface area contributed by atoms with Crippen molar-refractivity contribution < 1.29 is 9.53 Å². The maximum Gasteiger partial charge on any atom is 0.337 e. The number of hydrogen-bond donors (Lipinski definition) is 2. The molecular weight excluding hydrogens is 354 g/mol. The number of carbonyl (C=O) groups excluding carboxylic acids is 1. The first kappa shape index (κ1) is 17.4. The highest BCUT2D eigenvalue weighted by molar-refractivity contribution is 5.91. The Labute approximate surface area is 161 Å². The zero-order valence-corrected chi connectivity index (χ0v) is 15.1. The molecule has 0 unspecified atom stereocenters. The smallest absolute Gasteiger partial charge is 0.337 e. The third-order valence-corrected chi connectivity index (χ3v) is 4.11. The van der Waals surface area contributed by atoms with Crippen LogP contribution in [0, 0.1) is 0 Å². The molecule has 2 aromatic carbocycles. The molecule has 7 nitrogen and oxygen atoms in total. The normalized spacial score (nSPS) is 10.5. The minimum Gasteiger partial charge on any atom is -0.465 e. The molecular formula is C21H17N5O2. The molecule has 0 saturated heterocycles. The summed E-state index contributed by atoms with van der Waals surface area (Å²) in [7, 11) is 1.35. The summed E-state index contributed by atoms with van der Waals surface area (Å²) in [4.78, 5) is 24.7. The topological polar surface area (TPSA) is 89.0 Å². The number of methoxy groups -OCH3 is 1. The molecule has 0 aliphatic rings. The summed E-state index contributed by atoms with van der Waals surface area (Å²) in [6.07, 6.45) is 3.43.